The third kappa shape index (κ3) is 3.17. The first kappa shape index (κ1) is 11.9. The molecule has 0 saturated heterocycles. The van der Waals surface area contributed by atoms with Crippen LogP contribution in [0, 0.1) is 6.92 Å². The van der Waals surface area contributed by atoms with Crippen LogP contribution in [0.4, 0.5) is 0 Å². The first-order valence-corrected chi connectivity index (χ1v) is 5.93. The molecule has 17 heavy (non-hydrogen) atoms. The zero-order valence-corrected chi connectivity index (χ0v) is 10.0. The van der Waals surface area contributed by atoms with E-state index in [1.54, 1.807) is 6.20 Å². The lowest BCUT2D eigenvalue weighted by molar-refractivity contribution is -0.121. The lowest BCUT2D eigenvalue weighted by atomic mass is 10.3. The van der Waals surface area contributed by atoms with Crippen LogP contribution in [0.1, 0.15) is 12.2 Å². The molecule has 2 rings (SSSR count). The van der Waals surface area contributed by atoms with Gasteiger partial charge in [0, 0.05) is 32.0 Å². The van der Waals surface area contributed by atoms with E-state index in [1.165, 1.54) is 0 Å². The van der Waals surface area contributed by atoms with Gasteiger partial charge in [-0.2, -0.15) is 0 Å². The average Bonchev–Trinajstić information content (AvgIpc) is 2.96. The normalized spacial score (nSPS) is 18.5. The van der Waals surface area contributed by atoms with Crippen molar-refractivity contribution in [1.82, 2.24) is 20.2 Å². The summed E-state index contributed by atoms with van der Waals surface area (Å²) in [6.07, 6.45) is 8.54. The van der Waals surface area contributed by atoms with E-state index in [0.29, 0.717) is 6.54 Å². The van der Waals surface area contributed by atoms with E-state index < -0.39 is 0 Å². The second-order valence-electron chi connectivity index (χ2n) is 4.13. The van der Waals surface area contributed by atoms with Crippen LogP contribution in [0.15, 0.2) is 24.5 Å². The monoisotopic (exact) mass is 234 g/mol. The zero-order valence-electron chi connectivity index (χ0n) is 10.0. The van der Waals surface area contributed by atoms with Crippen molar-refractivity contribution < 1.29 is 4.79 Å². The van der Waals surface area contributed by atoms with E-state index >= 15 is 0 Å². The minimum Gasteiger partial charge on any atom is -0.354 e. The van der Waals surface area contributed by atoms with Gasteiger partial charge in [0.25, 0.3) is 0 Å². The van der Waals surface area contributed by atoms with Crippen molar-refractivity contribution in [2.24, 2.45) is 0 Å². The average molecular weight is 234 g/mol. The van der Waals surface area contributed by atoms with E-state index in [-0.39, 0.29) is 11.9 Å². The summed E-state index contributed by atoms with van der Waals surface area (Å²) in [5.74, 6) is 1.07. The molecule has 0 aliphatic carbocycles. The van der Waals surface area contributed by atoms with Gasteiger partial charge >= 0.3 is 0 Å². The summed E-state index contributed by atoms with van der Waals surface area (Å²) >= 11 is 0. The summed E-state index contributed by atoms with van der Waals surface area (Å²) in [5, 5.41) is 6.00. The van der Waals surface area contributed by atoms with Gasteiger partial charge in [0.15, 0.2) is 0 Å². The van der Waals surface area contributed by atoms with Gasteiger partial charge < -0.3 is 9.88 Å². The highest BCUT2D eigenvalue weighted by Gasteiger charge is 2.16. The molecule has 2 N–H and O–H groups in total. The first-order valence-electron chi connectivity index (χ1n) is 5.93. The van der Waals surface area contributed by atoms with Crippen LogP contribution in [-0.4, -0.2) is 34.6 Å². The second-order valence-corrected chi connectivity index (χ2v) is 4.13. The fourth-order valence-corrected chi connectivity index (χ4v) is 1.86. The fourth-order valence-electron chi connectivity index (χ4n) is 1.86. The molecule has 0 fully saturated rings. The molecule has 1 aromatic heterocycles. The number of aryl methyl sites for hydroxylation is 2. The minimum absolute atomic E-state index is 0.0566. The zero-order chi connectivity index (χ0) is 12.1. The molecular weight excluding hydrogens is 216 g/mol. The summed E-state index contributed by atoms with van der Waals surface area (Å²) in [6, 6.07) is -0.148. The van der Waals surface area contributed by atoms with Crippen LogP contribution < -0.4 is 10.6 Å². The van der Waals surface area contributed by atoms with Crippen LogP contribution in [0.5, 0.6) is 0 Å². The van der Waals surface area contributed by atoms with Gasteiger partial charge in [-0.15, -0.1) is 0 Å². The summed E-state index contributed by atoms with van der Waals surface area (Å²) in [5.41, 5.74) is 0. The smallest absolute Gasteiger partial charge is 0.241 e. The number of nitrogens with zero attached hydrogens (tertiary/aromatic N) is 2. The Labute approximate surface area is 101 Å². The number of hydrogen-bond acceptors (Lipinski definition) is 3. The van der Waals surface area contributed by atoms with Gasteiger partial charge in [-0.05, 0) is 13.3 Å². The maximum Gasteiger partial charge on any atom is 0.241 e. The fraction of sp³-hybridized carbons (Fsp3) is 0.500. The van der Waals surface area contributed by atoms with Crippen LogP contribution >= 0.6 is 0 Å². The van der Waals surface area contributed by atoms with E-state index in [9.17, 15) is 4.79 Å². The molecule has 1 aliphatic heterocycles. The van der Waals surface area contributed by atoms with Crippen molar-refractivity contribution in [3.63, 3.8) is 0 Å². The molecule has 0 radical (unpaired) electrons. The van der Waals surface area contributed by atoms with E-state index in [2.05, 4.69) is 20.2 Å². The predicted octanol–water partition coefficient (Wildman–Crippen LogP) is 0.226. The number of carbonyl (C=O) groups excluding carboxylic acids is 1. The second kappa shape index (κ2) is 5.63. The first-order chi connectivity index (χ1) is 8.27. The van der Waals surface area contributed by atoms with Gasteiger partial charge in [0.05, 0.1) is 0 Å². The minimum atomic E-state index is -0.148. The van der Waals surface area contributed by atoms with E-state index in [4.69, 9.17) is 0 Å². The lowest BCUT2D eigenvalue weighted by Gasteiger charge is -2.10. The van der Waals surface area contributed by atoms with E-state index in [1.807, 2.05) is 25.3 Å². The molecule has 0 saturated carbocycles. The van der Waals surface area contributed by atoms with Gasteiger partial charge in [0.1, 0.15) is 11.9 Å². The van der Waals surface area contributed by atoms with E-state index in [0.717, 1.165) is 25.3 Å². The standard InChI is InChI=1S/C12H18N4O/c1-10-13-7-9-16(10)8-3-6-15-12(17)11-4-2-5-14-11/h2,4,7,9,11,14H,3,5-6,8H2,1H3,(H,15,17)/t11-/m1/s1. The number of amides is 1. The lowest BCUT2D eigenvalue weighted by Crippen LogP contribution is -2.40. The molecule has 1 amide bonds. The molecule has 0 bridgehead atoms. The number of aromatic nitrogens is 2. The SMILES string of the molecule is Cc1nccn1CCCNC(=O)[C@H]1C=CCN1. The van der Waals surface area contributed by atoms with Gasteiger partial charge in [-0.3, -0.25) is 10.1 Å². The number of imidazole rings is 1. The third-order valence-electron chi connectivity index (χ3n) is 2.87. The highest BCUT2D eigenvalue weighted by Crippen LogP contribution is 1.97. The Balaban J connectivity index is 1.65. The van der Waals surface area contributed by atoms with Crippen molar-refractivity contribution >= 4 is 5.91 Å². The van der Waals surface area contributed by atoms with Gasteiger partial charge in [-0.1, -0.05) is 12.2 Å². The Hall–Kier alpha value is -1.62. The quantitative estimate of drug-likeness (QED) is 0.566. The molecule has 92 valence electrons. The van der Waals surface area contributed by atoms with Crippen LogP contribution in [-0.2, 0) is 11.3 Å². The van der Waals surface area contributed by atoms with Crippen molar-refractivity contribution in [2.45, 2.75) is 25.9 Å². The molecule has 1 atom stereocenters. The number of nitrogens with one attached hydrogen (secondary N) is 2. The van der Waals surface area contributed by atoms with Crippen molar-refractivity contribution in [2.75, 3.05) is 13.1 Å². The molecule has 1 aliphatic rings. The maximum atomic E-state index is 11.6. The largest absolute Gasteiger partial charge is 0.354 e. The van der Waals surface area contributed by atoms with Gasteiger partial charge in [-0.25, -0.2) is 4.98 Å². The topological polar surface area (TPSA) is 59.0 Å². The third-order valence-corrected chi connectivity index (χ3v) is 2.87. The molecule has 0 spiro atoms. The number of carbonyl (C=O) groups is 1. The summed E-state index contributed by atoms with van der Waals surface area (Å²) in [4.78, 5) is 15.8. The Morgan fingerprint density at radius 2 is 2.59 bits per heavy atom. The molecular formula is C12H18N4O. The summed E-state index contributed by atoms with van der Waals surface area (Å²) < 4.78 is 2.08. The van der Waals surface area contributed by atoms with Crippen LogP contribution in [0.2, 0.25) is 0 Å². The molecule has 5 nitrogen and oxygen atoms in total. The van der Waals surface area contributed by atoms with Crippen LogP contribution in [0.25, 0.3) is 0 Å². The molecule has 0 unspecified atom stereocenters. The molecule has 5 heteroatoms. The molecule has 0 aromatic carbocycles. The van der Waals surface area contributed by atoms with Crippen molar-refractivity contribution in [3.8, 4) is 0 Å². The highest BCUT2D eigenvalue weighted by molar-refractivity contribution is 5.84. The van der Waals surface area contributed by atoms with Crippen molar-refractivity contribution in [1.29, 1.82) is 0 Å². The Morgan fingerprint density at radius 1 is 1.71 bits per heavy atom. The van der Waals surface area contributed by atoms with Crippen LogP contribution in [0.3, 0.4) is 0 Å². The van der Waals surface area contributed by atoms with Gasteiger partial charge in [0.2, 0.25) is 5.91 Å². The number of hydrogen-bond donors (Lipinski definition) is 2. The number of rotatable bonds is 5. The summed E-state index contributed by atoms with van der Waals surface area (Å²) in [6.45, 7) is 4.35. The Kier molecular flexibility index (Phi) is 3.93. The maximum absolute atomic E-state index is 11.6. The Bertz CT molecular complexity index is 410. The highest BCUT2D eigenvalue weighted by atomic mass is 16.2. The summed E-state index contributed by atoms with van der Waals surface area (Å²) in [7, 11) is 0. The molecule has 2 heterocycles. The van der Waals surface area contributed by atoms with Crippen molar-refractivity contribution in [3.05, 3.63) is 30.4 Å². The molecule has 1 aromatic rings. The Morgan fingerprint density at radius 3 is 3.24 bits per heavy atom. The predicted molar refractivity (Wildman–Crippen MR) is 65.5 cm³/mol.